The minimum absolute atomic E-state index is 0.0794. The molecule has 0 aliphatic heterocycles. The molecule has 5 nitrogen and oxygen atoms in total. The number of carbonyl (C=O) groups is 2. The first-order valence-corrected chi connectivity index (χ1v) is 12.7. The lowest BCUT2D eigenvalue weighted by Crippen LogP contribution is -2.32. The van der Waals surface area contributed by atoms with Gasteiger partial charge < -0.3 is 14.8 Å². The first-order valence-electron chi connectivity index (χ1n) is 12.7. The lowest BCUT2D eigenvalue weighted by atomic mass is 9.80. The molecule has 0 saturated carbocycles. The van der Waals surface area contributed by atoms with Crippen molar-refractivity contribution in [2.75, 3.05) is 12.4 Å². The molecule has 5 heteroatoms. The van der Waals surface area contributed by atoms with Gasteiger partial charge in [-0.1, -0.05) is 98.8 Å². The first kappa shape index (κ1) is 26.8. The molecule has 0 spiro atoms. The SMILES string of the molecule is COc1ccc(C(OCc2ccc(NC(=O)CC(=O)C(C)C)cc2)(c2ccccc2)c2ccccc2)cc1. The highest BCUT2D eigenvalue weighted by molar-refractivity contribution is 6.04. The summed E-state index contributed by atoms with van der Waals surface area (Å²) < 4.78 is 12.3. The Kier molecular flexibility index (Phi) is 8.72. The van der Waals surface area contributed by atoms with Crippen LogP contribution in [0.4, 0.5) is 5.69 Å². The van der Waals surface area contributed by atoms with Crippen LogP contribution in [0.1, 0.15) is 42.5 Å². The summed E-state index contributed by atoms with van der Waals surface area (Å²) in [7, 11) is 1.65. The number of methoxy groups -OCH3 is 1. The number of ether oxygens (including phenoxy) is 2. The van der Waals surface area contributed by atoms with Gasteiger partial charge in [-0.05, 0) is 46.5 Å². The molecular weight excluding hydrogens is 474 g/mol. The van der Waals surface area contributed by atoms with E-state index in [0.717, 1.165) is 28.0 Å². The van der Waals surface area contributed by atoms with Crippen molar-refractivity contribution in [1.29, 1.82) is 0 Å². The van der Waals surface area contributed by atoms with Gasteiger partial charge in [-0.2, -0.15) is 0 Å². The summed E-state index contributed by atoms with van der Waals surface area (Å²) in [6, 6.07) is 35.8. The van der Waals surface area contributed by atoms with Gasteiger partial charge >= 0.3 is 0 Å². The van der Waals surface area contributed by atoms with E-state index < -0.39 is 5.60 Å². The van der Waals surface area contributed by atoms with Crippen LogP contribution in [-0.2, 0) is 26.5 Å². The quantitative estimate of drug-likeness (QED) is 0.180. The number of rotatable bonds is 11. The van der Waals surface area contributed by atoms with Crippen molar-refractivity contribution >= 4 is 17.4 Å². The van der Waals surface area contributed by atoms with Crippen LogP contribution >= 0.6 is 0 Å². The molecule has 0 aromatic heterocycles. The highest BCUT2D eigenvalue weighted by atomic mass is 16.5. The lowest BCUT2D eigenvalue weighted by Gasteiger charge is -2.36. The van der Waals surface area contributed by atoms with Gasteiger partial charge in [0.05, 0.1) is 20.1 Å². The van der Waals surface area contributed by atoms with Gasteiger partial charge in [0.25, 0.3) is 0 Å². The maximum Gasteiger partial charge on any atom is 0.231 e. The zero-order valence-corrected chi connectivity index (χ0v) is 22.0. The molecule has 0 aliphatic rings. The molecule has 0 heterocycles. The number of amides is 1. The van der Waals surface area contributed by atoms with Crippen LogP contribution in [0.15, 0.2) is 109 Å². The van der Waals surface area contributed by atoms with Crippen LogP contribution in [0.25, 0.3) is 0 Å². The Hall–Kier alpha value is -4.22. The summed E-state index contributed by atoms with van der Waals surface area (Å²) in [5, 5.41) is 2.80. The first-order chi connectivity index (χ1) is 18.4. The van der Waals surface area contributed by atoms with Gasteiger partial charge in [0, 0.05) is 11.6 Å². The number of benzene rings is 4. The number of Topliss-reactive ketones (excluding diaryl/α,β-unsaturated/α-hetero) is 1. The van der Waals surface area contributed by atoms with Crippen LogP contribution in [0.2, 0.25) is 0 Å². The maximum absolute atomic E-state index is 12.2. The average molecular weight is 508 g/mol. The summed E-state index contributed by atoms with van der Waals surface area (Å²) in [6.07, 6.45) is -0.124. The third kappa shape index (κ3) is 6.18. The van der Waals surface area contributed by atoms with Gasteiger partial charge in [0.15, 0.2) is 0 Å². The fourth-order valence-corrected chi connectivity index (χ4v) is 4.36. The monoisotopic (exact) mass is 507 g/mol. The molecule has 1 amide bonds. The average Bonchev–Trinajstić information content (AvgIpc) is 2.95. The van der Waals surface area contributed by atoms with Crippen molar-refractivity contribution in [3.63, 3.8) is 0 Å². The second kappa shape index (κ2) is 12.3. The third-order valence-electron chi connectivity index (χ3n) is 6.53. The molecule has 0 atom stereocenters. The molecule has 0 saturated heterocycles. The predicted octanol–water partition coefficient (Wildman–Crippen LogP) is 6.76. The Labute approximate surface area is 224 Å². The fourth-order valence-electron chi connectivity index (χ4n) is 4.36. The number of anilines is 1. The molecule has 0 bridgehead atoms. The standard InChI is InChI=1S/C33H33NO4/c1-24(2)31(35)22-32(36)34-29-18-14-25(15-19-29)23-38-33(26-10-6-4-7-11-26,27-12-8-5-9-13-27)28-16-20-30(37-3)21-17-28/h4-21,24H,22-23H2,1-3H3,(H,34,36). The topological polar surface area (TPSA) is 64.6 Å². The van der Waals surface area contributed by atoms with Gasteiger partial charge in [-0.25, -0.2) is 0 Å². The normalized spacial score (nSPS) is 11.3. The van der Waals surface area contributed by atoms with Crippen molar-refractivity contribution in [3.8, 4) is 5.75 Å². The largest absolute Gasteiger partial charge is 0.497 e. The molecule has 0 unspecified atom stereocenters. The van der Waals surface area contributed by atoms with Crippen molar-refractivity contribution < 1.29 is 19.1 Å². The predicted molar refractivity (Wildman–Crippen MR) is 150 cm³/mol. The number of ketones is 1. The van der Waals surface area contributed by atoms with Crippen LogP contribution in [0.3, 0.4) is 0 Å². The minimum Gasteiger partial charge on any atom is -0.497 e. The van der Waals surface area contributed by atoms with Crippen molar-refractivity contribution in [2.24, 2.45) is 5.92 Å². The number of nitrogens with one attached hydrogen (secondary N) is 1. The molecule has 38 heavy (non-hydrogen) atoms. The molecule has 194 valence electrons. The summed E-state index contributed by atoms with van der Waals surface area (Å²) >= 11 is 0. The molecule has 4 rings (SSSR count). The van der Waals surface area contributed by atoms with E-state index in [2.05, 4.69) is 29.6 Å². The highest BCUT2D eigenvalue weighted by Gasteiger charge is 2.37. The van der Waals surface area contributed by atoms with Crippen LogP contribution in [-0.4, -0.2) is 18.8 Å². The van der Waals surface area contributed by atoms with Crippen LogP contribution < -0.4 is 10.1 Å². The molecule has 0 radical (unpaired) electrons. The van der Waals surface area contributed by atoms with Crippen molar-refractivity contribution in [2.45, 2.75) is 32.5 Å². The van der Waals surface area contributed by atoms with E-state index in [0.29, 0.717) is 12.3 Å². The Morgan fingerprint density at radius 2 is 1.26 bits per heavy atom. The van der Waals surface area contributed by atoms with E-state index in [1.807, 2.05) is 84.9 Å². The molecule has 1 N–H and O–H groups in total. The van der Waals surface area contributed by atoms with Crippen molar-refractivity contribution in [1.82, 2.24) is 0 Å². The molecule has 0 fully saturated rings. The molecule has 0 aliphatic carbocycles. The third-order valence-corrected chi connectivity index (χ3v) is 6.53. The summed E-state index contributed by atoms with van der Waals surface area (Å²) in [5.74, 6) is 0.223. The van der Waals surface area contributed by atoms with Gasteiger partial charge in [-0.3, -0.25) is 9.59 Å². The van der Waals surface area contributed by atoms with Crippen LogP contribution in [0, 0.1) is 5.92 Å². The van der Waals surface area contributed by atoms with Crippen molar-refractivity contribution in [3.05, 3.63) is 131 Å². The van der Waals surface area contributed by atoms with Crippen LogP contribution in [0.5, 0.6) is 5.75 Å². The second-order valence-corrected chi connectivity index (χ2v) is 9.47. The Morgan fingerprint density at radius 3 is 1.76 bits per heavy atom. The lowest BCUT2D eigenvalue weighted by molar-refractivity contribution is -0.127. The van der Waals surface area contributed by atoms with Gasteiger partial charge in [0.2, 0.25) is 5.91 Å². The summed E-state index contributed by atoms with van der Waals surface area (Å²) in [6.45, 7) is 3.92. The number of hydrogen-bond donors (Lipinski definition) is 1. The minimum atomic E-state index is -0.862. The van der Waals surface area contributed by atoms with Gasteiger partial charge in [-0.15, -0.1) is 0 Å². The fraction of sp³-hybridized carbons (Fsp3) is 0.212. The zero-order valence-electron chi connectivity index (χ0n) is 22.0. The zero-order chi connectivity index (χ0) is 27.0. The van der Waals surface area contributed by atoms with E-state index in [9.17, 15) is 9.59 Å². The Balaban J connectivity index is 1.63. The summed E-state index contributed by atoms with van der Waals surface area (Å²) in [4.78, 5) is 24.1. The van der Waals surface area contributed by atoms with E-state index in [1.54, 1.807) is 21.0 Å². The maximum atomic E-state index is 12.2. The molecule has 4 aromatic carbocycles. The van der Waals surface area contributed by atoms with E-state index in [1.165, 1.54) is 0 Å². The second-order valence-electron chi connectivity index (χ2n) is 9.47. The smallest absolute Gasteiger partial charge is 0.231 e. The number of carbonyl (C=O) groups excluding carboxylic acids is 2. The number of hydrogen-bond acceptors (Lipinski definition) is 4. The molecule has 4 aromatic rings. The summed E-state index contributed by atoms with van der Waals surface area (Å²) in [5.41, 5.74) is 3.73. The van der Waals surface area contributed by atoms with E-state index in [-0.39, 0.29) is 24.0 Å². The Morgan fingerprint density at radius 1 is 0.737 bits per heavy atom. The van der Waals surface area contributed by atoms with E-state index >= 15 is 0 Å². The Bertz CT molecular complexity index is 1290. The van der Waals surface area contributed by atoms with E-state index in [4.69, 9.17) is 9.47 Å². The molecular formula is C33H33NO4. The highest BCUT2D eigenvalue weighted by Crippen LogP contribution is 2.41. The van der Waals surface area contributed by atoms with Gasteiger partial charge in [0.1, 0.15) is 17.1 Å².